The van der Waals surface area contributed by atoms with Gasteiger partial charge in [0.25, 0.3) is 0 Å². The highest BCUT2D eigenvalue weighted by Crippen LogP contribution is 2.29. The van der Waals surface area contributed by atoms with Crippen LogP contribution in [0.1, 0.15) is 12.5 Å². The van der Waals surface area contributed by atoms with Gasteiger partial charge in [0.15, 0.2) is 9.84 Å². The van der Waals surface area contributed by atoms with E-state index in [-0.39, 0.29) is 5.75 Å². The molecule has 1 unspecified atom stereocenters. The van der Waals surface area contributed by atoms with Crippen molar-refractivity contribution < 1.29 is 8.42 Å². The van der Waals surface area contributed by atoms with Gasteiger partial charge in [0.05, 0.1) is 0 Å². The minimum absolute atomic E-state index is 0.133. The zero-order valence-electron chi connectivity index (χ0n) is 11.0. The maximum Gasteiger partial charge on any atom is 0.171 e. The van der Waals surface area contributed by atoms with Gasteiger partial charge in [0.2, 0.25) is 0 Å². The van der Waals surface area contributed by atoms with Crippen LogP contribution in [0.15, 0.2) is 6.33 Å². The molecule has 1 atom stereocenters. The summed E-state index contributed by atoms with van der Waals surface area (Å²) in [4.78, 5) is 10.00. The summed E-state index contributed by atoms with van der Waals surface area (Å²) in [6.07, 6.45) is 1.38. The van der Waals surface area contributed by atoms with Gasteiger partial charge in [0, 0.05) is 29.4 Å². The van der Waals surface area contributed by atoms with Crippen molar-refractivity contribution in [3.8, 4) is 0 Å². The summed E-state index contributed by atoms with van der Waals surface area (Å²) in [6.45, 7) is 4.15. The second-order valence-electron chi connectivity index (χ2n) is 4.38. The number of sulfone groups is 1. The molecule has 0 spiro atoms. The maximum absolute atomic E-state index is 12.2. The van der Waals surface area contributed by atoms with Crippen molar-refractivity contribution in [1.29, 1.82) is 0 Å². The number of nitrogens with two attached hydrogens (primary N) is 1. The van der Waals surface area contributed by atoms with Crippen LogP contribution >= 0.6 is 11.8 Å². The van der Waals surface area contributed by atoms with Crippen molar-refractivity contribution in [2.24, 2.45) is 0 Å². The Morgan fingerprint density at radius 3 is 2.95 bits per heavy atom. The molecule has 0 saturated carbocycles. The van der Waals surface area contributed by atoms with E-state index in [9.17, 15) is 8.42 Å². The van der Waals surface area contributed by atoms with E-state index in [1.165, 1.54) is 6.33 Å². The van der Waals surface area contributed by atoms with E-state index < -0.39 is 15.2 Å². The van der Waals surface area contributed by atoms with Crippen molar-refractivity contribution in [3.05, 3.63) is 11.9 Å². The van der Waals surface area contributed by atoms with E-state index >= 15 is 0 Å². The molecule has 2 heterocycles. The van der Waals surface area contributed by atoms with Gasteiger partial charge in [-0.25, -0.2) is 18.4 Å². The zero-order chi connectivity index (χ0) is 14.0. The molecule has 1 fully saturated rings. The summed E-state index contributed by atoms with van der Waals surface area (Å²) in [7, 11) is -3.14. The van der Waals surface area contributed by atoms with Crippen molar-refractivity contribution in [2.45, 2.75) is 19.2 Å². The van der Waals surface area contributed by atoms with Gasteiger partial charge in [-0.1, -0.05) is 6.92 Å². The second kappa shape index (κ2) is 5.54. The highest BCUT2D eigenvalue weighted by molar-refractivity contribution is 8.01. The predicted molar refractivity (Wildman–Crippen MR) is 79.1 cm³/mol. The van der Waals surface area contributed by atoms with E-state index in [1.807, 2.05) is 11.8 Å². The van der Waals surface area contributed by atoms with E-state index in [0.717, 1.165) is 11.3 Å². The third-order valence-electron chi connectivity index (χ3n) is 3.27. The van der Waals surface area contributed by atoms with Gasteiger partial charge in [-0.3, -0.25) is 0 Å². The first-order valence-electron chi connectivity index (χ1n) is 6.10. The molecule has 0 radical (unpaired) electrons. The summed E-state index contributed by atoms with van der Waals surface area (Å²) in [5.74, 6) is 2.62. The Bertz CT molecular complexity index is 562. The van der Waals surface area contributed by atoms with Crippen LogP contribution in [-0.2, 0) is 9.84 Å². The normalized spacial score (nSPS) is 20.5. The fourth-order valence-electron chi connectivity index (χ4n) is 2.06. The molecule has 1 saturated heterocycles. The molecule has 0 amide bonds. The Balaban J connectivity index is 2.43. The quantitative estimate of drug-likeness (QED) is 0.878. The first-order chi connectivity index (χ1) is 8.97. The lowest BCUT2D eigenvalue weighted by atomic mass is 10.3. The molecule has 2 N–H and O–H groups in total. The second-order valence-corrected chi connectivity index (χ2v) is 7.98. The van der Waals surface area contributed by atoms with Crippen molar-refractivity contribution >= 4 is 33.2 Å². The minimum Gasteiger partial charge on any atom is -0.383 e. The topological polar surface area (TPSA) is 89.2 Å². The number of thioether (sulfide) groups is 1. The highest BCUT2D eigenvalue weighted by atomic mass is 32.2. The standard InChI is InChI=1S/C11H18N4O2S2/c1-3-19(16,17)9-6-18-5-4-15(9)11-8(2)10(12)13-7-14-11/h7,9H,3-6H2,1-2H3,(H2,12,13,14). The molecule has 6 nitrogen and oxygen atoms in total. The average Bonchev–Trinajstić information content (AvgIpc) is 2.42. The van der Waals surface area contributed by atoms with Crippen LogP contribution in [0, 0.1) is 6.92 Å². The summed E-state index contributed by atoms with van der Waals surface area (Å²) in [6, 6.07) is 0. The first-order valence-corrected chi connectivity index (χ1v) is 8.97. The number of hydrogen-bond donors (Lipinski definition) is 1. The molecule has 19 heavy (non-hydrogen) atoms. The summed E-state index contributed by atoms with van der Waals surface area (Å²) < 4.78 is 24.4. The lowest BCUT2D eigenvalue weighted by Crippen LogP contribution is -2.48. The molecule has 106 valence electrons. The van der Waals surface area contributed by atoms with E-state index in [2.05, 4.69) is 9.97 Å². The van der Waals surface area contributed by atoms with Gasteiger partial charge in [-0.15, -0.1) is 0 Å². The smallest absolute Gasteiger partial charge is 0.171 e. The molecular formula is C11H18N4O2S2. The van der Waals surface area contributed by atoms with Gasteiger partial charge in [-0.2, -0.15) is 11.8 Å². The largest absolute Gasteiger partial charge is 0.383 e. The van der Waals surface area contributed by atoms with Gasteiger partial charge in [-0.05, 0) is 6.92 Å². The molecule has 2 rings (SSSR count). The van der Waals surface area contributed by atoms with Crippen LogP contribution in [-0.4, -0.2) is 47.6 Å². The third-order valence-corrected chi connectivity index (χ3v) is 6.56. The number of nitrogens with zero attached hydrogens (tertiary/aromatic N) is 3. The van der Waals surface area contributed by atoms with Crippen molar-refractivity contribution in [2.75, 3.05) is 34.4 Å². The lowest BCUT2D eigenvalue weighted by molar-refractivity contribution is 0.578. The number of nitrogen functional groups attached to an aromatic ring is 1. The zero-order valence-corrected chi connectivity index (χ0v) is 12.7. The number of rotatable bonds is 3. The van der Waals surface area contributed by atoms with Crippen LogP contribution < -0.4 is 10.6 Å². The highest BCUT2D eigenvalue weighted by Gasteiger charge is 2.34. The van der Waals surface area contributed by atoms with E-state index in [0.29, 0.717) is 23.9 Å². The Hall–Kier alpha value is -1.02. The van der Waals surface area contributed by atoms with Gasteiger partial charge >= 0.3 is 0 Å². The average molecular weight is 302 g/mol. The van der Waals surface area contributed by atoms with Gasteiger partial charge < -0.3 is 10.6 Å². The number of hydrogen-bond acceptors (Lipinski definition) is 7. The first kappa shape index (κ1) is 14.4. The van der Waals surface area contributed by atoms with Crippen LogP contribution in [0.25, 0.3) is 0 Å². The molecule has 0 bridgehead atoms. The third kappa shape index (κ3) is 2.79. The lowest BCUT2D eigenvalue weighted by Gasteiger charge is -2.36. The van der Waals surface area contributed by atoms with Crippen molar-refractivity contribution in [3.63, 3.8) is 0 Å². The Morgan fingerprint density at radius 1 is 1.53 bits per heavy atom. The van der Waals surface area contributed by atoms with Crippen molar-refractivity contribution in [1.82, 2.24) is 9.97 Å². The van der Waals surface area contributed by atoms with Crippen LogP contribution in [0.2, 0.25) is 0 Å². The molecule has 8 heteroatoms. The fourth-order valence-corrected chi connectivity index (χ4v) is 5.03. The minimum atomic E-state index is -3.14. The Labute approximate surface area is 117 Å². The van der Waals surface area contributed by atoms with Crippen LogP contribution in [0.3, 0.4) is 0 Å². The summed E-state index contributed by atoms with van der Waals surface area (Å²) in [5.41, 5.74) is 6.52. The molecule has 0 aliphatic carbocycles. The summed E-state index contributed by atoms with van der Waals surface area (Å²) in [5, 5.41) is -0.524. The van der Waals surface area contributed by atoms with Crippen LogP contribution in [0.4, 0.5) is 11.6 Å². The fraction of sp³-hybridized carbons (Fsp3) is 0.636. The Morgan fingerprint density at radius 2 is 2.26 bits per heavy atom. The summed E-state index contributed by atoms with van der Waals surface area (Å²) >= 11 is 1.66. The Kier molecular flexibility index (Phi) is 4.19. The number of aromatic nitrogens is 2. The molecular weight excluding hydrogens is 284 g/mol. The number of anilines is 2. The monoisotopic (exact) mass is 302 g/mol. The van der Waals surface area contributed by atoms with Crippen LogP contribution in [0.5, 0.6) is 0 Å². The van der Waals surface area contributed by atoms with Gasteiger partial charge in [0.1, 0.15) is 23.3 Å². The molecule has 1 aliphatic rings. The van der Waals surface area contributed by atoms with E-state index in [4.69, 9.17) is 5.73 Å². The SMILES string of the molecule is CCS(=O)(=O)C1CSCCN1c1ncnc(N)c1C. The molecule has 1 aromatic heterocycles. The molecule has 1 aliphatic heterocycles. The van der Waals surface area contributed by atoms with E-state index in [1.54, 1.807) is 18.7 Å². The molecule has 1 aromatic rings. The maximum atomic E-state index is 12.2. The predicted octanol–water partition coefficient (Wildman–Crippen LogP) is 0.681. The molecule has 0 aromatic carbocycles.